The Balaban J connectivity index is 0.00000361. The average molecular weight is 364 g/mol. The van der Waals surface area contributed by atoms with Crippen molar-refractivity contribution in [2.75, 3.05) is 6.54 Å². The molecule has 0 aliphatic carbocycles. The number of amides is 1. The Labute approximate surface area is 136 Å². The van der Waals surface area contributed by atoms with Crippen LogP contribution in [-0.4, -0.2) is 12.5 Å². The lowest BCUT2D eigenvalue weighted by Gasteiger charge is -2.14. The summed E-state index contributed by atoms with van der Waals surface area (Å²) < 4.78 is 1.05. The molecule has 1 rings (SSSR count). The maximum absolute atomic E-state index is 11.8. The smallest absolute Gasteiger partial charge is 0.220 e. The Morgan fingerprint density at radius 1 is 1.20 bits per heavy atom. The van der Waals surface area contributed by atoms with Crippen molar-refractivity contribution in [1.29, 1.82) is 0 Å². The summed E-state index contributed by atoms with van der Waals surface area (Å²) in [6.07, 6.45) is 4.80. The van der Waals surface area contributed by atoms with Gasteiger partial charge in [-0.2, -0.15) is 0 Å². The molecule has 0 aromatic heterocycles. The van der Waals surface area contributed by atoms with Crippen molar-refractivity contribution < 1.29 is 4.79 Å². The highest BCUT2D eigenvalue weighted by Gasteiger charge is 2.08. The Morgan fingerprint density at radius 3 is 2.40 bits per heavy atom. The van der Waals surface area contributed by atoms with E-state index in [2.05, 4.69) is 21.2 Å². The monoisotopic (exact) mass is 362 g/mol. The Hall–Kier alpha value is -0.580. The highest BCUT2D eigenvalue weighted by molar-refractivity contribution is 9.10. The van der Waals surface area contributed by atoms with Crippen molar-refractivity contribution in [3.63, 3.8) is 0 Å². The van der Waals surface area contributed by atoms with Gasteiger partial charge in [0, 0.05) is 10.9 Å². The van der Waals surface area contributed by atoms with Crippen molar-refractivity contribution >= 4 is 34.2 Å². The molecule has 20 heavy (non-hydrogen) atoms. The third-order valence-electron chi connectivity index (χ3n) is 3.11. The molecule has 0 aliphatic heterocycles. The van der Waals surface area contributed by atoms with E-state index in [-0.39, 0.29) is 24.4 Å². The van der Waals surface area contributed by atoms with E-state index in [4.69, 9.17) is 5.73 Å². The summed E-state index contributed by atoms with van der Waals surface area (Å²) in [6, 6.07) is 8.09. The first kappa shape index (κ1) is 19.4. The molecule has 1 aromatic rings. The fourth-order valence-corrected chi connectivity index (χ4v) is 2.20. The number of rotatable bonds is 8. The van der Waals surface area contributed by atoms with Crippen LogP contribution in [0, 0.1) is 0 Å². The van der Waals surface area contributed by atoms with Gasteiger partial charge in [0.15, 0.2) is 0 Å². The molecule has 0 saturated heterocycles. The quantitative estimate of drug-likeness (QED) is 0.687. The molecule has 1 atom stereocenters. The molecule has 1 amide bonds. The van der Waals surface area contributed by atoms with Crippen LogP contribution in [0.15, 0.2) is 28.7 Å². The molecule has 0 saturated carbocycles. The number of halogens is 2. The summed E-state index contributed by atoms with van der Waals surface area (Å²) in [6.45, 7) is 2.75. The molecule has 3 nitrogen and oxygen atoms in total. The van der Waals surface area contributed by atoms with Gasteiger partial charge in [0.25, 0.3) is 0 Å². The molecule has 1 aromatic carbocycles. The van der Waals surface area contributed by atoms with Gasteiger partial charge in [-0.3, -0.25) is 4.79 Å². The number of benzene rings is 1. The van der Waals surface area contributed by atoms with Crippen LogP contribution in [0.4, 0.5) is 0 Å². The first-order valence-electron chi connectivity index (χ1n) is 6.88. The van der Waals surface area contributed by atoms with Crippen molar-refractivity contribution in [2.24, 2.45) is 5.73 Å². The van der Waals surface area contributed by atoms with Gasteiger partial charge in [-0.1, -0.05) is 40.9 Å². The lowest BCUT2D eigenvalue weighted by molar-refractivity contribution is -0.121. The number of carbonyl (C=O) groups excluding carboxylic acids is 1. The van der Waals surface area contributed by atoms with Crippen LogP contribution < -0.4 is 11.1 Å². The van der Waals surface area contributed by atoms with Crippen LogP contribution in [0.3, 0.4) is 0 Å². The SMILES string of the molecule is CC(NC(=O)CCCCCCN)c1ccc(Br)cc1.Cl. The first-order chi connectivity index (χ1) is 9.13. The molecule has 0 fully saturated rings. The number of carbonyl (C=O) groups is 1. The van der Waals surface area contributed by atoms with E-state index in [1.54, 1.807) is 0 Å². The highest BCUT2D eigenvalue weighted by atomic mass is 79.9. The zero-order valence-electron chi connectivity index (χ0n) is 11.9. The lowest BCUT2D eigenvalue weighted by Crippen LogP contribution is -2.26. The van der Waals surface area contributed by atoms with Crippen LogP contribution >= 0.6 is 28.3 Å². The van der Waals surface area contributed by atoms with Crippen LogP contribution in [-0.2, 0) is 4.79 Å². The van der Waals surface area contributed by atoms with Gasteiger partial charge in [0.1, 0.15) is 0 Å². The Morgan fingerprint density at radius 2 is 1.80 bits per heavy atom. The molecule has 3 N–H and O–H groups in total. The van der Waals surface area contributed by atoms with Gasteiger partial charge < -0.3 is 11.1 Å². The van der Waals surface area contributed by atoms with E-state index in [9.17, 15) is 4.79 Å². The van der Waals surface area contributed by atoms with Gasteiger partial charge in [0.05, 0.1) is 6.04 Å². The summed E-state index contributed by atoms with van der Waals surface area (Å²) in [4.78, 5) is 11.8. The van der Waals surface area contributed by atoms with Crippen molar-refractivity contribution in [1.82, 2.24) is 5.32 Å². The normalized spacial score (nSPS) is 11.6. The first-order valence-corrected chi connectivity index (χ1v) is 7.67. The van der Waals surface area contributed by atoms with Crippen molar-refractivity contribution in [3.8, 4) is 0 Å². The van der Waals surface area contributed by atoms with E-state index < -0.39 is 0 Å². The summed E-state index contributed by atoms with van der Waals surface area (Å²) in [5.41, 5.74) is 6.55. The second-order valence-corrected chi connectivity index (χ2v) is 5.71. The number of nitrogens with two attached hydrogens (primary N) is 1. The van der Waals surface area contributed by atoms with E-state index in [1.165, 1.54) is 0 Å². The second-order valence-electron chi connectivity index (χ2n) is 4.79. The summed E-state index contributed by atoms with van der Waals surface area (Å²) in [5.74, 6) is 0.128. The number of unbranched alkanes of at least 4 members (excludes halogenated alkanes) is 3. The minimum atomic E-state index is 0. The molecular weight excluding hydrogens is 340 g/mol. The van der Waals surface area contributed by atoms with Crippen LogP contribution in [0.2, 0.25) is 0 Å². The third-order valence-corrected chi connectivity index (χ3v) is 3.63. The van der Waals surface area contributed by atoms with Crippen LogP contribution in [0.1, 0.15) is 50.6 Å². The molecule has 0 bridgehead atoms. The van der Waals surface area contributed by atoms with Gasteiger partial charge in [-0.25, -0.2) is 0 Å². The molecule has 0 aliphatic rings. The zero-order valence-corrected chi connectivity index (χ0v) is 14.3. The minimum Gasteiger partial charge on any atom is -0.350 e. The topological polar surface area (TPSA) is 55.1 Å². The lowest BCUT2D eigenvalue weighted by atomic mass is 10.1. The van der Waals surface area contributed by atoms with Gasteiger partial charge in [-0.15, -0.1) is 12.4 Å². The molecule has 114 valence electrons. The van der Waals surface area contributed by atoms with Gasteiger partial charge in [0.2, 0.25) is 5.91 Å². The van der Waals surface area contributed by atoms with Crippen molar-refractivity contribution in [3.05, 3.63) is 34.3 Å². The molecular formula is C15H24BrClN2O. The Kier molecular flexibility index (Phi) is 10.8. The van der Waals surface area contributed by atoms with E-state index in [0.29, 0.717) is 6.42 Å². The maximum Gasteiger partial charge on any atom is 0.220 e. The number of nitrogens with one attached hydrogen (secondary N) is 1. The molecule has 1 unspecified atom stereocenters. The van der Waals surface area contributed by atoms with Crippen LogP contribution in [0.5, 0.6) is 0 Å². The standard InChI is InChI=1S/C15H23BrN2O.ClH/c1-12(13-7-9-14(16)10-8-13)18-15(19)6-4-2-3-5-11-17;/h7-10,12H,2-6,11,17H2,1H3,(H,18,19);1H. The van der Waals surface area contributed by atoms with E-state index in [0.717, 1.165) is 42.3 Å². The molecule has 0 heterocycles. The summed E-state index contributed by atoms with van der Waals surface area (Å²) >= 11 is 3.40. The molecule has 0 radical (unpaired) electrons. The third kappa shape index (κ3) is 7.88. The largest absolute Gasteiger partial charge is 0.350 e. The predicted octanol–water partition coefficient (Wildman–Crippen LogP) is 3.96. The summed E-state index contributed by atoms with van der Waals surface area (Å²) in [7, 11) is 0. The predicted molar refractivity (Wildman–Crippen MR) is 90.1 cm³/mol. The minimum absolute atomic E-state index is 0. The number of hydrogen-bond donors (Lipinski definition) is 2. The van der Waals surface area contributed by atoms with Gasteiger partial charge >= 0.3 is 0 Å². The maximum atomic E-state index is 11.8. The summed E-state index contributed by atoms with van der Waals surface area (Å²) in [5, 5.41) is 3.03. The fraction of sp³-hybridized carbons (Fsp3) is 0.533. The van der Waals surface area contributed by atoms with E-state index in [1.807, 2.05) is 31.2 Å². The number of hydrogen-bond acceptors (Lipinski definition) is 2. The Bertz CT molecular complexity index is 384. The highest BCUT2D eigenvalue weighted by Crippen LogP contribution is 2.16. The zero-order chi connectivity index (χ0) is 14.1. The average Bonchev–Trinajstić information content (AvgIpc) is 2.39. The second kappa shape index (κ2) is 11.1. The van der Waals surface area contributed by atoms with Crippen molar-refractivity contribution in [2.45, 2.75) is 45.1 Å². The van der Waals surface area contributed by atoms with Crippen LogP contribution in [0.25, 0.3) is 0 Å². The van der Waals surface area contributed by atoms with Gasteiger partial charge in [-0.05, 0) is 44.0 Å². The molecule has 5 heteroatoms. The van der Waals surface area contributed by atoms with E-state index >= 15 is 0 Å². The fourth-order valence-electron chi connectivity index (χ4n) is 1.93. The molecule has 0 spiro atoms.